The normalized spacial score (nSPS) is 16.5. The Morgan fingerprint density at radius 1 is 1.20 bits per heavy atom. The van der Waals surface area contributed by atoms with Crippen molar-refractivity contribution in [3.8, 4) is 5.19 Å². The summed E-state index contributed by atoms with van der Waals surface area (Å²) in [6.07, 6.45) is 11.1. The van der Waals surface area contributed by atoms with E-state index in [1.807, 2.05) is 30.6 Å². The molecule has 0 saturated carbocycles. The number of carbonyl (C=O) groups excluding carboxylic acids is 2. The van der Waals surface area contributed by atoms with E-state index in [0.29, 0.717) is 18.2 Å². The average Bonchev–Trinajstić information content (AvgIpc) is 3.42. The van der Waals surface area contributed by atoms with Gasteiger partial charge < -0.3 is 19.7 Å². The molecule has 234 valence electrons. The Morgan fingerprint density at radius 2 is 1.98 bits per heavy atom. The van der Waals surface area contributed by atoms with Crippen LogP contribution in [0.4, 0.5) is 5.95 Å². The van der Waals surface area contributed by atoms with E-state index >= 15 is 0 Å². The monoisotopic (exact) mass is 640 g/mol. The van der Waals surface area contributed by atoms with E-state index < -0.39 is 29.1 Å². The van der Waals surface area contributed by atoms with Gasteiger partial charge >= 0.3 is 5.97 Å². The van der Waals surface area contributed by atoms with Gasteiger partial charge in [-0.3, -0.25) is 23.7 Å². The SMILES string of the molecule is CCCc1cnc(N2CCC(Oc3nc4ccc(C5=CC(S(O)(O)C=CNC(=O)COC(C)=O)=NCC5)cc4s3)CC2)nc1. The molecule has 0 bridgehead atoms. The molecular formula is C30H36N6O6S2. The van der Waals surface area contributed by atoms with Crippen molar-refractivity contribution in [2.45, 2.75) is 52.1 Å². The maximum absolute atomic E-state index is 11.7. The van der Waals surface area contributed by atoms with Crippen LogP contribution in [0.15, 0.2) is 53.3 Å². The summed E-state index contributed by atoms with van der Waals surface area (Å²) in [5.41, 5.74) is 3.85. The lowest BCUT2D eigenvalue weighted by atomic mass is 10.0. The lowest BCUT2D eigenvalue weighted by Gasteiger charge is -2.31. The fraction of sp³-hybridized carbons (Fsp3) is 0.400. The first-order chi connectivity index (χ1) is 21.2. The Hall–Kier alpha value is -3.85. The molecular weight excluding hydrogens is 605 g/mol. The van der Waals surface area contributed by atoms with Crippen molar-refractivity contribution < 1.29 is 28.2 Å². The molecule has 0 atom stereocenters. The summed E-state index contributed by atoms with van der Waals surface area (Å²) in [6, 6.07) is 5.94. The number of hydrogen-bond acceptors (Lipinski definition) is 12. The number of aromatic nitrogens is 3. The lowest BCUT2D eigenvalue weighted by Crippen LogP contribution is -2.39. The number of nitrogens with zero attached hydrogens (tertiary/aromatic N) is 5. The van der Waals surface area contributed by atoms with E-state index in [-0.39, 0.29) is 11.1 Å². The Balaban J connectivity index is 1.18. The van der Waals surface area contributed by atoms with Crippen LogP contribution in [0.2, 0.25) is 0 Å². The number of fused-ring (bicyclic) bond motifs is 1. The van der Waals surface area contributed by atoms with Crippen LogP contribution in [0.5, 0.6) is 5.19 Å². The summed E-state index contributed by atoms with van der Waals surface area (Å²) in [7, 11) is -3.40. The quantitative estimate of drug-likeness (QED) is 0.252. The second-order valence-electron chi connectivity index (χ2n) is 10.5. The maximum atomic E-state index is 11.7. The zero-order chi connectivity index (χ0) is 31.1. The minimum absolute atomic E-state index is 0.0650. The first-order valence-corrected chi connectivity index (χ1v) is 16.9. The molecule has 2 aliphatic heterocycles. The molecule has 2 aromatic heterocycles. The highest BCUT2D eigenvalue weighted by atomic mass is 32.3. The van der Waals surface area contributed by atoms with Gasteiger partial charge in [-0.1, -0.05) is 30.7 Å². The van der Waals surface area contributed by atoms with E-state index in [1.54, 1.807) is 6.08 Å². The number of dihydropyridines is 1. The Kier molecular flexibility index (Phi) is 10.3. The van der Waals surface area contributed by atoms with Gasteiger partial charge in [-0.25, -0.2) is 15.0 Å². The summed E-state index contributed by atoms with van der Waals surface area (Å²) >= 11 is 1.49. The minimum Gasteiger partial charge on any atom is -0.467 e. The number of rotatable bonds is 10. The predicted octanol–water partition coefficient (Wildman–Crippen LogP) is 5.17. The van der Waals surface area contributed by atoms with Crippen molar-refractivity contribution in [3.63, 3.8) is 0 Å². The van der Waals surface area contributed by atoms with Gasteiger partial charge in [0.1, 0.15) is 11.1 Å². The molecule has 3 aromatic rings. The summed E-state index contributed by atoms with van der Waals surface area (Å²) in [5.74, 6) is -0.414. The average molecular weight is 641 g/mol. The van der Waals surface area contributed by atoms with Gasteiger partial charge in [0, 0.05) is 63.4 Å². The second-order valence-corrected chi connectivity index (χ2v) is 13.4. The third kappa shape index (κ3) is 8.20. The zero-order valence-electron chi connectivity index (χ0n) is 24.6. The fourth-order valence-corrected chi connectivity index (χ4v) is 6.78. The number of amides is 1. The number of aliphatic imine (C=N–C) groups is 1. The summed E-state index contributed by atoms with van der Waals surface area (Å²) < 4.78 is 33.2. The van der Waals surface area contributed by atoms with Gasteiger partial charge in [0.2, 0.25) is 5.95 Å². The van der Waals surface area contributed by atoms with Crippen molar-refractivity contribution in [2.75, 3.05) is 31.1 Å². The van der Waals surface area contributed by atoms with Crippen LogP contribution in [0.1, 0.15) is 50.7 Å². The number of anilines is 1. The van der Waals surface area contributed by atoms with E-state index in [1.165, 1.54) is 18.3 Å². The van der Waals surface area contributed by atoms with Gasteiger partial charge in [-0.15, -0.1) is 10.6 Å². The number of piperidine rings is 1. The number of aryl methyl sites for hydroxylation is 1. The molecule has 1 saturated heterocycles. The number of nitrogens with one attached hydrogen (secondary N) is 1. The highest BCUT2D eigenvalue weighted by Gasteiger charge is 2.24. The maximum Gasteiger partial charge on any atom is 0.303 e. The van der Waals surface area contributed by atoms with Gasteiger partial charge in [0.15, 0.2) is 6.61 Å². The highest BCUT2D eigenvalue weighted by molar-refractivity contribution is 8.39. The van der Waals surface area contributed by atoms with Crippen molar-refractivity contribution in [2.24, 2.45) is 4.99 Å². The number of esters is 1. The summed E-state index contributed by atoms with van der Waals surface area (Å²) in [6.45, 7) is 4.91. The summed E-state index contributed by atoms with van der Waals surface area (Å²) in [5, 5.41) is 4.20. The lowest BCUT2D eigenvalue weighted by molar-refractivity contribution is -0.146. The Morgan fingerprint density at radius 3 is 2.70 bits per heavy atom. The van der Waals surface area contributed by atoms with E-state index in [4.69, 9.17) is 9.72 Å². The zero-order valence-corrected chi connectivity index (χ0v) is 26.3. The Bertz CT molecular complexity index is 1580. The highest BCUT2D eigenvalue weighted by Crippen LogP contribution is 2.45. The minimum atomic E-state index is -3.40. The molecule has 3 N–H and O–H groups in total. The van der Waals surface area contributed by atoms with Gasteiger partial charge in [0.05, 0.1) is 10.2 Å². The third-order valence-electron chi connectivity index (χ3n) is 7.13. The number of benzene rings is 1. The van der Waals surface area contributed by atoms with Gasteiger partial charge in [0.25, 0.3) is 11.1 Å². The van der Waals surface area contributed by atoms with Gasteiger partial charge in [-0.2, -0.15) is 0 Å². The second kappa shape index (κ2) is 14.3. The number of hydrogen-bond donors (Lipinski definition) is 3. The van der Waals surface area contributed by atoms with Crippen molar-refractivity contribution in [3.05, 3.63) is 59.4 Å². The molecule has 14 heteroatoms. The number of carbonyl (C=O) groups is 2. The van der Waals surface area contributed by atoms with E-state index in [9.17, 15) is 18.7 Å². The molecule has 5 rings (SSSR count). The number of ether oxygens (including phenoxy) is 2. The van der Waals surface area contributed by atoms with Crippen LogP contribution < -0.4 is 15.0 Å². The molecule has 4 heterocycles. The molecule has 12 nitrogen and oxygen atoms in total. The van der Waals surface area contributed by atoms with Crippen molar-refractivity contribution >= 4 is 60.6 Å². The summed E-state index contributed by atoms with van der Waals surface area (Å²) in [4.78, 5) is 42.8. The Labute approximate surface area is 261 Å². The standard InChI is InChI=1S/C30H36N6O6S2/c1-3-4-21-17-33-29(34-18-21)36-12-8-24(9-13-36)42-30-35-25-6-5-22(15-26(25)43-30)23-7-10-32-28(16-23)44(39,40)14-11-31-27(38)19-41-20(2)37/h5-6,11,14-18,24,39-40H,3-4,7-10,12-13,19H2,1-2H3,(H,31,38). The number of thiazole rings is 1. The fourth-order valence-electron chi connectivity index (χ4n) is 4.86. The molecule has 0 radical (unpaired) electrons. The van der Waals surface area contributed by atoms with Crippen LogP contribution in [-0.4, -0.2) is 73.3 Å². The third-order valence-corrected chi connectivity index (χ3v) is 9.41. The van der Waals surface area contributed by atoms with E-state index in [0.717, 1.165) is 83.2 Å². The molecule has 0 unspecified atom stereocenters. The van der Waals surface area contributed by atoms with Crippen LogP contribution in [0, 0.1) is 0 Å². The van der Waals surface area contributed by atoms with Crippen LogP contribution in [0.3, 0.4) is 0 Å². The van der Waals surface area contributed by atoms with Crippen molar-refractivity contribution in [1.29, 1.82) is 0 Å². The molecule has 1 fully saturated rings. The van der Waals surface area contributed by atoms with Gasteiger partial charge in [-0.05, 0) is 47.8 Å². The molecule has 1 amide bonds. The molecule has 1 aromatic carbocycles. The van der Waals surface area contributed by atoms with Crippen LogP contribution in [-0.2, 0) is 20.7 Å². The van der Waals surface area contributed by atoms with Crippen LogP contribution >= 0.6 is 21.9 Å². The first kappa shape index (κ1) is 31.6. The molecule has 0 aliphatic carbocycles. The largest absolute Gasteiger partial charge is 0.467 e. The van der Waals surface area contributed by atoms with E-state index in [2.05, 4.69) is 36.8 Å². The topological polar surface area (TPSA) is 159 Å². The molecule has 44 heavy (non-hydrogen) atoms. The van der Waals surface area contributed by atoms with Crippen LogP contribution in [0.25, 0.3) is 15.8 Å². The molecule has 0 spiro atoms. The first-order valence-electron chi connectivity index (χ1n) is 14.5. The smallest absolute Gasteiger partial charge is 0.303 e. The molecule has 2 aliphatic rings. The van der Waals surface area contributed by atoms with Crippen molar-refractivity contribution in [1.82, 2.24) is 20.3 Å². The predicted molar refractivity (Wildman–Crippen MR) is 173 cm³/mol.